The Bertz CT molecular complexity index is 386. The van der Waals surface area contributed by atoms with Crippen molar-refractivity contribution in [2.45, 2.75) is 50.7 Å². The van der Waals surface area contributed by atoms with Gasteiger partial charge in [-0.25, -0.2) is 0 Å². The van der Waals surface area contributed by atoms with Gasteiger partial charge in [0, 0.05) is 6.42 Å². The maximum atomic E-state index is 10.1. The summed E-state index contributed by atoms with van der Waals surface area (Å²) in [6.07, 6.45) is 0.200. The number of fused-ring (bicyclic) bond motifs is 1. The van der Waals surface area contributed by atoms with E-state index in [2.05, 4.69) is 0 Å². The second kappa shape index (κ2) is 3.81. The molecule has 0 aliphatic carbocycles. The first kappa shape index (κ1) is 11.2. The van der Waals surface area contributed by atoms with Gasteiger partial charge in [0.15, 0.2) is 12.1 Å². The van der Waals surface area contributed by atoms with Crippen LogP contribution in [0.2, 0.25) is 0 Å². The monoisotopic (exact) mass is 240 g/mol. The van der Waals surface area contributed by atoms with Crippen LogP contribution < -0.4 is 0 Å². The normalized spacial score (nSPS) is 39.5. The summed E-state index contributed by atoms with van der Waals surface area (Å²) in [5.41, 5.74) is 0. The number of aliphatic hydroxyl groups excluding tert-OH is 1. The zero-order chi connectivity index (χ0) is 12.0. The van der Waals surface area contributed by atoms with Crippen molar-refractivity contribution in [1.82, 2.24) is 0 Å². The van der Waals surface area contributed by atoms with Crippen molar-refractivity contribution in [2.75, 3.05) is 0 Å². The third-order valence-corrected chi connectivity index (χ3v) is 3.10. The largest absolute Gasteiger partial charge is 0.469 e. The molecule has 5 heteroatoms. The lowest BCUT2D eigenvalue weighted by Gasteiger charge is -2.22. The molecule has 1 aromatic heterocycles. The standard InChI is InChI=1S/C12H16O5/c1-12(2)16-10-9(13)8(15-11(10)17-12)6-7-4-3-5-14-7/h3-5,8-11,13H,6H2,1-2H3/t8-,9+,10-,11-/m1/s1. The molecule has 2 saturated heterocycles. The lowest BCUT2D eigenvalue weighted by Crippen LogP contribution is -2.35. The second-order valence-corrected chi connectivity index (χ2v) is 4.92. The summed E-state index contributed by atoms with van der Waals surface area (Å²) >= 11 is 0. The van der Waals surface area contributed by atoms with E-state index in [1.54, 1.807) is 6.26 Å². The number of rotatable bonds is 2. The predicted octanol–water partition coefficient (Wildman–Crippen LogP) is 1.06. The second-order valence-electron chi connectivity index (χ2n) is 4.92. The molecule has 2 aliphatic rings. The van der Waals surface area contributed by atoms with Crippen LogP contribution in [0.1, 0.15) is 19.6 Å². The highest BCUT2D eigenvalue weighted by Crippen LogP contribution is 2.38. The van der Waals surface area contributed by atoms with Gasteiger partial charge in [-0.1, -0.05) is 0 Å². The van der Waals surface area contributed by atoms with Crippen LogP contribution >= 0.6 is 0 Å². The summed E-state index contributed by atoms with van der Waals surface area (Å²) in [5, 5.41) is 10.1. The van der Waals surface area contributed by atoms with E-state index < -0.39 is 24.3 Å². The van der Waals surface area contributed by atoms with Gasteiger partial charge in [0.2, 0.25) is 0 Å². The van der Waals surface area contributed by atoms with E-state index in [-0.39, 0.29) is 6.10 Å². The molecule has 0 amide bonds. The van der Waals surface area contributed by atoms with Crippen molar-refractivity contribution < 1.29 is 23.7 Å². The van der Waals surface area contributed by atoms with Crippen LogP contribution in [0.3, 0.4) is 0 Å². The fraction of sp³-hybridized carbons (Fsp3) is 0.667. The SMILES string of the molecule is CC1(C)O[C@H]2O[C@H](Cc3ccco3)[C@H](O)[C@H]2O1. The minimum Gasteiger partial charge on any atom is -0.469 e. The van der Waals surface area contributed by atoms with Gasteiger partial charge in [0.05, 0.1) is 12.4 Å². The molecular weight excluding hydrogens is 224 g/mol. The van der Waals surface area contributed by atoms with Crippen LogP contribution in [-0.2, 0) is 20.6 Å². The molecule has 2 aliphatic heterocycles. The van der Waals surface area contributed by atoms with E-state index in [0.29, 0.717) is 6.42 Å². The molecule has 0 spiro atoms. The van der Waals surface area contributed by atoms with E-state index in [1.807, 2.05) is 26.0 Å². The van der Waals surface area contributed by atoms with Crippen LogP contribution in [0.25, 0.3) is 0 Å². The van der Waals surface area contributed by atoms with Gasteiger partial charge in [-0.05, 0) is 26.0 Å². The molecule has 3 heterocycles. The summed E-state index contributed by atoms with van der Waals surface area (Å²) in [6.45, 7) is 3.62. The first-order valence-electron chi connectivity index (χ1n) is 5.77. The Kier molecular flexibility index (Phi) is 2.52. The fourth-order valence-corrected chi connectivity index (χ4v) is 2.35. The number of hydrogen-bond acceptors (Lipinski definition) is 5. The molecule has 17 heavy (non-hydrogen) atoms. The Morgan fingerprint density at radius 1 is 1.35 bits per heavy atom. The van der Waals surface area contributed by atoms with Gasteiger partial charge < -0.3 is 23.7 Å². The van der Waals surface area contributed by atoms with Crippen molar-refractivity contribution in [3.8, 4) is 0 Å². The molecule has 3 rings (SSSR count). The maximum absolute atomic E-state index is 10.1. The van der Waals surface area contributed by atoms with E-state index in [1.165, 1.54) is 0 Å². The van der Waals surface area contributed by atoms with Crippen LogP contribution in [-0.4, -0.2) is 35.5 Å². The average Bonchev–Trinajstić information content (AvgIpc) is 2.89. The molecule has 0 bridgehead atoms. The Morgan fingerprint density at radius 3 is 2.82 bits per heavy atom. The van der Waals surface area contributed by atoms with Crippen molar-refractivity contribution >= 4 is 0 Å². The minimum absolute atomic E-state index is 0.341. The lowest BCUT2D eigenvalue weighted by atomic mass is 10.1. The highest BCUT2D eigenvalue weighted by atomic mass is 16.8. The van der Waals surface area contributed by atoms with E-state index in [0.717, 1.165) is 5.76 Å². The molecule has 2 fully saturated rings. The first-order chi connectivity index (χ1) is 8.05. The Balaban J connectivity index is 1.68. The number of ether oxygens (including phenoxy) is 3. The smallest absolute Gasteiger partial charge is 0.190 e. The molecule has 1 N–H and O–H groups in total. The summed E-state index contributed by atoms with van der Waals surface area (Å²) in [7, 11) is 0. The van der Waals surface area contributed by atoms with Crippen LogP contribution in [0, 0.1) is 0 Å². The summed E-state index contributed by atoms with van der Waals surface area (Å²) < 4.78 is 22.0. The molecule has 0 saturated carbocycles. The average molecular weight is 240 g/mol. The van der Waals surface area contributed by atoms with E-state index >= 15 is 0 Å². The number of hydrogen-bond donors (Lipinski definition) is 1. The molecule has 1 aromatic rings. The highest BCUT2D eigenvalue weighted by molar-refractivity contribution is 5.03. The predicted molar refractivity (Wildman–Crippen MR) is 57.1 cm³/mol. The van der Waals surface area contributed by atoms with Crippen molar-refractivity contribution in [1.29, 1.82) is 0 Å². The Hall–Kier alpha value is -0.880. The van der Waals surface area contributed by atoms with Crippen molar-refractivity contribution in [3.63, 3.8) is 0 Å². The van der Waals surface area contributed by atoms with Crippen molar-refractivity contribution in [2.24, 2.45) is 0 Å². The van der Waals surface area contributed by atoms with Gasteiger partial charge in [-0.2, -0.15) is 0 Å². The van der Waals surface area contributed by atoms with Crippen LogP contribution in [0.4, 0.5) is 0 Å². The van der Waals surface area contributed by atoms with Crippen LogP contribution in [0.15, 0.2) is 22.8 Å². The summed E-state index contributed by atoms with van der Waals surface area (Å²) in [5.74, 6) is 0.0969. The molecule has 0 unspecified atom stereocenters. The number of furan rings is 1. The van der Waals surface area contributed by atoms with Gasteiger partial charge in [0.25, 0.3) is 0 Å². The lowest BCUT2D eigenvalue weighted by molar-refractivity contribution is -0.214. The molecule has 94 valence electrons. The first-order valence-corrected chi connectivity index (χ1v) is 5.77. The molecule has 0 aromatic carbocycles. The molecule has 4 atom stereocenters. The van der Waals surface area contributed by atoms with E-state index in [9.17, 15) is 5.11 Å². The van der Waals surface area contributed by atoms with Gasteiger partial charge in [-0.15, -0.1) is 0 Å². The van der Waals surface area contributed by atoms with Gasteiger partial charge in [0.1, 0.15) is 18.0 Å². The molecule has 0 radical (unpaired) electrons. The highest BCUT2D eigenvalue weighted by Gasteiger charge is 2.54. The van der Waals surface area contributed by atoms with Gasteiger partial charge in [-0.3, -0.25) is 0 Å². The van der Waals surface area contributed by atoms with E-state index in [4.69, 9.17) is 18.6 Å². The Labute approximate surface area is 99.3 Å². The maximum Gasteiger partial charge on any atom is 0.190 e. The fourth-order valence-electron chi connectivity index (χ4n) is 2.35. The number of aliphatic hydroxyl groups is 1. The third-order valence-electron chi connectivity index (χ3n) is 3.10. The molecule has 5 nitrogen and oxygen atoms in total. The zero-order valence-corrected chi connectivity index (χ0v) is 9.83. The zero-order valence-electron chi connectivity index (χ0n) is 9.83. The molecular formula is C12H16O5. The topological polar surface area (TPSA) is 61.1 Å². The van der Waals surface area contributed by atoms with Gasteiger partial charge >= 0.3 is 0 Å². The van der Waals surface area contributed by atoms with Crippen molar-refractivity contribution in [3.05, 3.63) is 24.2 Å². The minimum atomic E-state index is -0.689. The Morgan fingerprint density at radius 2 is 2.18 bits per heavy atom. The quantitative estimate of drug-likeness (QED) is 0.837. The third kappa shape index (κ3) is 1.99. The summed E-state index contributed by atoms with van der Waals surface area (Å²) in [6, 6.07) is 3.67. The van der Waals surface area contributed by atoms with Crippen LogP contribution in [0.5, 0.6) is 0 Å². The summed E-state index contributed by atoms with van der Waals surface area (Å²) in [4.78, 5) is 0.